The maximum absolute atomic E-state index is 8.76. The predicted molar refractivity (Wildman–Crippen MR) is 71.8 cm³/mol. The summed E-state index contributed by atoms with van der Waals surface area (Å²) < 4.78 is 6.37. The number of rotatable bonds is 3. The van der Waals surface area contributed by atoms with Gasteiger partial charge in [-0.15, -0.1) is 11.8 Å². The van der Waals surface area contributed by atoms with Gasteiger partial charge in [-0.1, -0.05) is 0 Å². The van der Waals surface area contributed by atoms with Crippen LogP contribution in [0.15, 0.2) is 12.1 Å². The number of nitrogens with zero attached hydrogens (tertiary/aromatic N) is 1. The molecular formula is C12H11IN2O. The molecule has 0 amide bonds. The molecule has 0 saturated heterocycles. The number of nitriles is 1. The summed E-state index contributed by atoms with van der Waals surface area (Å²) in [5.74, 6) is 6.34. The molecular weight excluding hydrogens is 315 g/mol. The SMILES string of the molecule is CC#CCCOc1c(N)cc(C#N)cc1I. The highest BCUT2D eigenvalue weighted by molar-refractivity contribution is 14.1. The van der Waals surface area contributed by atoms with Crippen LogP contribution in [0.2, 0.25) is 0 Å². The van der Waals surface area contributed by atoms with Gasteiger partial charge in [0.2, 0.25) is 0 Å². The molecule has 0 atom stereocenters. The van der Waals surface area contributed by atoms with Gasteiger partial charge in [0, 0.05) is 6.42 Å². The lowest BCUT2D eigenvalue weighted by atomic mass is 10.2. The van der Waals surface area contributed by atoms with E-state index in [0.29, 0.717) is 30.0 Å². The van der Waals surface area contributed by atoms with Gasteiger partial charge in [0.05, 0.1) is 27.5 Å². The molecule has 3 nitrogen and oxygen atoms in total. The van der Waals surface area contributed by atoms with Crippen LogP contribution in [0.4, 0.5) is 5.69 Å². The van der Waals surface area contributed by atoms with E-state index in [0.717, 1.165) is 3.57 Å². The van der Waals surface area contributed by atoms with Crippen LogP contribution in [0.3, 0.4) is 0 Å². The largest absolute Gasteiger partial charge is 0.489 e. The molecule has 2 N–H and O–H groups in total. The monoisotopic (exact) mass is 326 g/mol. The first-order chi connectivity index (χ1) is 7.69. The third-order valence-electron chi connectivity index (χ3n) is 1.85. The molecule has 0 fully saturated rings. The van der Waals surface area contributed by atoms with Crippen molar-refractivity contribution in [3.05, 3.63) is 21.3 Å². The fourth-order valence-corrected chi connectivity index (χ4v) is 1.96. The first-order valence-corrected chi connectivity index (χ1v) is 5.78. The molecule has 1 aromatic carbocycles. The van der Waals surface area contributed by atoms with Crippen molar-refractivity contribution in [1.82, 2.24) is 0 Å². The molecule has 0 aliphatic heterocycles. The highest BCUT2D eigenvalue weighted by atomic mass is 127. The number of hydrogen-bond acceptors (Lipinski definition) is 3. The molecule has 1 aromatic rings. The summed E-state index contributed by atoms with van der Waals surface area (Å²) in [4.78, 5) is 0. The van der Waals surface area contributed by atoms with E-state index < -0.39 is 0 Å². The van der Waals surface area contributed by atoms with Crippen LogP contribution in [0, 0.1) is 26.7 Å². The average molecular weight is 326 g/mol. The van der Waals surface area contributed by atoms with Crippen molar-refractivity contribution in [3.63, 3.8) is 0 Å². The molecule has 0 aromatic heterocycles. The van der Waals surface area contributed by atoms with Gasteiger partial charge in [0.15, 0.2) is 5.75 Å². The smallest absolute Gasteiger partial charge is 0.155 e. The lowest BCUT2D eigenvalue weighted by Gasteiger charge is -2.09. The summed E-state index contributed by atoms with van der Waals surface area (Å²) in [7, 11) is 0. The first-order valence-electron chi connectivity index (χ1n) is 4.70. The maximum Gasteiger partial charge on any atom is 0.155 e. The zero-order valence-electron chi connectivity index (χ0n) is 8.88. The van der Waals surface area contributed by atoms with Crippen LogP contribution < -0.4 is 10.5 Å². The Bertz CT molecular complexity index is 457. The number of ether oxygens (including phenoxy) is 1. The summed E-state index contributed by atoms with van der Waals surface area (Å²) in [6, 6.07) is 5.41. The molecule has 0 aliphatic carbocycles. The van der Waals surface area contributed by atoms with Crippen molar-refractivity contribution in [2.24, 2.45) is 0 Å². The average Bonchev–Trinajstić information content (AvgIpc) is 2.26. The molecule has 16 heavy (non-hydrogen) atoms. The van der Waals surface area contributed by atoms with Crippen molar-refractivity contribution in [1.29, 1.82) is 5.26 Å². The summed E-state index contributed by atoms with van der Waals surface area (Å²) in [5.41, 5.74) is 6.83. The zero-order chi connectivity index (χ0) is 12.0. The highest BCUT2D eigenvalue weighted by Crippen LogP contribution is 2.29. The van der Waals surface area contributed by atoms with Gasteiger partial charge in [0.25, 0.3) is 0 Å². The molecule has 0 unspecified atom stereocenters. The molecule has 0 heterocycles. The van der Waals surface area contributed by atoms with Crippen molar-refractivity contribution >= 4 is 28.3 Å². The Balaban J connectivity index is 2.80. The van der Waals surface area contributed by atoms with Crippen molar-refractivity contribution in [2.45, 2.75) is 13.3 Å². The van der Waals surface area contributed by atoms with Crippen molar-refractivity contribution in [2.75, 3.05) is 12.3 Å². The van der Waals surface area contributed by atoms with Crippen LogP contribution in [0.1, 0.15) is 18.9 Å². The lowest BCUT2D eigenvalue weighted by molar-refractivity contribution is 0.326. The third-order valence-corrected chi connectivity index (χ3v) is 2.65. The number of halogens is 1. The Kier molecular flexibility index (Phi) is 4.94. The van der Waals surface area contributed by atoms with Gasteiger partial charge in [0.1, 0.15) is 0 Å². The number of benzene rings is 1. The van der Waals surface area contributed by atoms with E-state index in [1.807, 2.05) is 6.07 Å². The van der Waals surface area contributed by atoms with E-state index >= 15 is 0 Å². The minimum absolute atomic E-state index is 0.493. The second-order valence-corrected chi connectivity index (χ2v) is 4.18. The van der Waals surface area contributed by atoms with E-state index in [-0.39, 0.29) is 0 Å². The van der Waals surface area contributed by atoms with Crippen LogP contribution in [0.5, 0.6) is 5.75 Å². The topological polar surface area (TPSA) is 59.0 Å². The Labute approximate surface area is 109 Å². The minimum Gasteiger partial charge on any atom is -0.489 e. The Morgan fingerprint density at radius 2 is 2.25 bits per heavy atom. The Morgan fingerprint density at radius 1 is 1.50 bits per heavy atom. The maximum atomic E-state index is 8.76. The van der Waals surface area contributed by atoms with Gasteiger partial charge in [-0.3, -0.25) is 0 Å². The molecule has 0 bridgehead atoms. The standard InChI is InChI=1S/C12H11IN2O/c1-2-3-4-5-16-12-10(13)6-9(8-14)7-11(12)15/h6-7H,4-5,15H2,1H3. The van der Waals surface area contributed by atoms with Gasteiger partial charge in [-0.2, -0.15) is 5.26 Å². The summed E-state index contributed by atoms with van der Waals surface area (Å²) in [5, 5.41) is 8.76. The number of anilines is 1. The normalized spacial score (nSPS) is 8.81. The van der Waals surface area contributed by atoms with Gasteiger partial charge >= 0.3 is 0 Å². The van der Waals surface area contributed by atoms with Gasteiger partial charge < -0.3 is 10.5 Å². The third kappa shape index (κ3) is 3.32. The molecule has 0 radical (unpaired) electrons. The Morgan fingerprint density at radius 3 is 2.81 bits per heavy atom. The number of hydrogen-bond donors (Lipinski definition) is 1. The van der Waals surface area contributed by atoms with Crippen molar-refractivity contribution in [3.8, 4) is 23.7 Å². The van der Waals surface area contributed by atoms with E-state index in [2.05, 4.69) is 34.4 Å². The lowest BCUT2D eigenvalue weighted by Crippen LogP contribution is -2.02. The van der Waals surface area contributed by atoms with E-state index in [4.69, 9.17) is 15.7 Å². The van der Waals surface area contributed by atoms with Crippen LogP contribution >= 0.6 is 22.6 Å². The van der Waals surface area contributed by atoms with E-state index in [9.17, 15) is 0 Å². The van der Waals surface area contributed by atoms with E-state index in [1.54, 1.807) is 19.1 Å². The fourth-order valence-electron chi connectivity index (χ4n) is 1.16. The number of nitrogens with two attached hydrogens (primary N) is 1. The van der Waals surface area contributed by atoms with Gasteiger partial charge in [-0.05, 0) is 41.6 Å². The highest BCUT2D eigenvalue weighted by Gasteiger charge is 2.07. The minimum atomic E-state index is 0.493. The Hall–Kier alpha value is -1.40. The predicted octanol–water partition coefficient (Wildman–Crippen LogP) is 2.54. The molecule has 0 spiro atoms. The van der Waals surface area contributed by atoms with Gasteiger partial charge in [-0.25, -0.2) is 0 Å². The zero-order valence-corrected chi connectivity index (χ0v) is 11.0. The van der Waals surface area contributed by atoms with Crippen LogP contribution in [-0.2, 0) is 0 Å². The molecule has 82 valence electrons. The van der Waals surface area contributed by atoms with E-state index in [1.165, 1.54) is 0 Å². The summed E-state index contributed by atoms with van der Waals surface area (Å²) >= 11 is 2.10. The fraction of sp³-hybridized carbons (Fsp3) is 0.250. The molecule has 4 heteroatoms. The second kappa shape index (κ2) is 6.24. The van der Waals surface area contributed by atoms with Crippen LogP contribution in [0.25, 0.3) is 0 Å². The molecule has 1 rings (SSSR count). The molecule has 0 aliphatic rings. The number of nitrogen functional groups attached to an aromatic ring is 1. The quantitative estimate of drug-likeness (QED) is 0.402. The molecule has 0 saturated carbocycles. The van der Waals surface area contributed by atoms with Crippen molar-refractivity contribution < 1.29 is 4.74 Å². The first kappa shape index (κ1) is 12.7. The second-order valence-electron chi connectivity index (χ2n) is 3.01. The van der Waals surface area contributed by atoms with Crippen LogP contribution in [-0.4, -0.2) is 6.61 Å². The summed E-state index contributed by atoms with van der Waals surface area (Å²) in [6.07, 6.45) is 0.673. The summed E-state index contributed by atoms with van der Waals surface area (Å²) in [6.45, 7) is 2.30.